The van der Waals surface area contributed by atoms with Crippen molar-refractivity contribution in [2.45, 2.75) is 45.2 Å². The van der Waals surface area contributed by atoms with Gasteiger partial charge in [-0.3, -0.25) is 4.79 Å². The molecule has 0 aromatic heterocycles. The van der Waals surface area contributed by atoms with Crippen LogP contribution >= 0.6 is 0 Å². The molecule has 4 rings (SSSR count). The van der Waals surface area contributed by atoms with Crippen LogP contribution in [0.4, 0.5) is 11.4 Å². The zero-order chi connectivity index (χ0) is 18.8. The smallest absolute Gasteiger partial charge is 0.261 e. The van der Waals surface area contributed by atoms with Crippen molar-refractivity contribution in [2.24, 2.45) is 0 Å². The zero-order valence-corrected chi connectivity index (χ0v) is 16.2. The molecule has 3 heterocycles. The third-order valence-electron chi connectivity index (χ3n) is 5.30. The number of rotatable bonds is 3. The number of fused-ring (bicyclic) bond motifs is 1. The Labute approximate surface area is 160 Å². The first kappa shape index (κ1) is 18.3. The Balaban J connectivity index is 1.76. The largest absolute Gasteiger partial charge is 0.383 e. The molecule has 0 aliphatic carbocycles. The number of ether oxygens (including phenoxy) is 2. The van der Waals surface area contributed by atoms with Gasteiger partial charge in [-0.15, -0.1) is 0 Å². The number of hydrogen-bond donors (Lipinski definition) is 2. The van der Waals surface area contributed by atoms with Crippen molar-refractivity contribution < 1.29 is 14.3 Å². The maximum absolute atomic E-state index is 13.5. The fraction of sp³-hybridized carbons (Fsp3) is 0.571. The molecule has 0 saturated carbocycles. The summed E-state index contributed by atoms with van der Waals surface area (Å²) in [5.41, 5.74) is 4.65. The highest BCUT2D eigenvalue weighted by Gasteiger charge is 2.39. The minimum absolute atomic E-state index is 0.0650. The van der Waals surface area contributed by atoms with E-state index in [9.17, 15) is 4.79 Å². The second-order valence-corrected chi connectivity index (χ2v) is 7.76. The molecule has 1 aromatic rings. The van der Waals surface area contributed by atoms with Crippen LogP contribution in [0.5, 0.6) is 0 Å². The highest BCUT2D eigenvalue weighted by molar-refractivity contribution is 6.33. The molecular formula is C21H29N3O3. The molecule has 0 spiro atoms. The Morgan fingerprint density at radius 1 is 1.22 bits per heavy atom. The minimum atomic E-state index is 0.0650. The number of carbonyl (C=O) groups is 1. The maximum Gasteiger partial charge on any atom is 0.261 e. The molecule has 0 radical (unpaired) electrons. The third-order valence-corrected chi connectivity index (χ3v) is 5.30. The Kier molecular flexibility index (Phi) is 5.36. The molecule has 146 valence electrons. The highest BCUT2D eigenvalue weighted by atomic mass is 16.5. The van der Waals surface area contributed by atoms with E-state index in [1.807, 2.05) is 4.90 Å². The number of nitrogens with one attached hydrogen (secondary N) is 2. The van der Waals surface area contributed by atoms with E-state index in [0.29, 0.717) is 25.9 Å². The molecule has 3 aliphatic heterocycles. The van der Waals surface area contributed by atoms with E-state index in [4.69, 9.17) is 9.47 Å². The molecule has 2 saturated heterocycles. The zero-order valence-electron chi connectivity index (χ0n) is 16.2. The van der Waals surface area contributed by atoms with Crippen molar-refractivity contribution in [3.05, 3.63) is 29.5 Å². The summed E-state index contributed by atoms with van der Waals surface area (Å²) in [6, 6.07) is 6.66. The Morgan fingerprint density at radius 3 is 2.89 bits per heavy atom. The quantitative estimate of drug-likeness (QED) is 0.800. The summed E-state index contributed by atoms with van der Waals surface area (Å²) < 4.78 is 11.4. The van der Waals surface area contributed by atoms with E-state index in [1.54, 1.807) is 0 Å². The van der Waals surface area contributed by atoms with Gasteiger partial charge in [0.25, 0.3) is 5.91 Å². The average Bonchev–Trinajstić information content (AvgIpc) is 2.80. The lowest BCUT2D eigenvalue weighted by atomic mass is 10.0. The summed E-state index contributed by atoms with van der Waals surface area (Å²) in [6.07, 6.45) is 3.12. The standard InChI is InChI=1S/C21H29N3O3/c1-14(2)23-15-6-7-19-17(11-15)20(18-13-27-10-8-22-18)21(25)24(19)16-5-3-4-9-26-12-16/h6-7,11,14,16,22-23H,3-5,8-10,12-13H2,1-2H3/b20-18-. The first-order valence-corrected chi connectivity index (χ1v) is 10.0. The minimum Gasteiger partial charge on any atom is -0.383 e. The van der Waals surface area contributed by atoms with Crippen molar-refractivity contribution in [1.29, 1.82) is 0 Å². The number of benzene rings is 1. The first-order valence-electron chi connectivity index (χ1n) is 10.0. The lowest BCUT2D eigenvalue weighted by Crippen LogP contribution is -2.41. The van der Waals surface area contributed by atoms with Crippen LogP contribution in [0.3, 0.4) is 0 Å². The summed E-state index contributed by atoms with van der Waals surface area (Å²) in [5.74, 6) is 0.0650. The molecular weight excluding hydrogens is 342 g/mol. The van der Waals surface area contributed by atoms with E-state index in [1.165, 1.54) is 0 Å². The monoisotopic (exact) mass is 371 g/mol. The lowest BCUT2D eigenvalue weighted by Gasteiger charge is -2.27. The van der Waals surface area contributed by atoms with Crippen molar-refractivity contribution in [3.63, 3.8) is 0 Å². The summed E-state index contributed by atoms with van der Waals surface area (Å²) >= 11 is 0. The van der Waals surface area contributed by atoms with Gasteiger partial charge in [0.2, 0.25) is 0 Å². The van der Waals surface area contributed by atoms with Crippen LogP contribution in [0.2, 0.25) is 0 Å². The number of morpholine rings is 1. The summed E-state index contributed by atoms with van der Waals surface area (Å²) in [7, 11) is 0. The number of anilines is 2. The van der Waals surface area contributed by atoms with Crippen LogP contribution in [-0.4, -0.2) is 51.0 Å². The van der Waals surface area contributed by atoms with E-state index < -0.39 is 0 Å². The van der Waals surface area contributed by atoms with Gasteiger partial charge in [0.05, 0.1) is 42.8 Å². The van der Waals surface area contributed by atoms with Gasteiger partial charge in [-0.25, -0.2) is 0 Å². The van der Waals surface area contributed by atoms with Gasteiger partial charge in [-0.05, 0) is 51.3 Å². The number of amides is 1. The van der Waals surface area contributed by atoms with Gasteiger partial charge in [0.15, 0.2) is 0 Å². The topological polar surface area (TPSA) is 62.8 Å². The highest BCUT2D eigenvalue weighted by Crippen LogP contribution is 2.42. The second kappa shape index (κ2) is 7.90. The molecule has 1 atom stereocenters. The molecule has 27 heavy (non-hydrogen) atoms. The van der Waals surface area contributed by atoms with Crippen LogP contribution in [0, 0.1) is 0 Å². The van der Waals surface area contributed by atoms with Gasteiger partial charge in [0, 0.05) is 30.4 Å². The average molecular weight is 371 g/mol. The predicted octanol–water partition coefficient (Wildman–Crippen LogP) is 2.75. The predicted molar refractivity (Wildman–Crippen MR) is 107 cm³/mol. The molecule has 2 N–H and O–H groups in total. The van der Waals surface area contributed by atoms with Crippen molar-refractivity contribution in [3.8, 4) is 0 Å². The first-order chi connectivity index (χ1) is 13.1. The number of nitrogens with zero attached hydrogens (tertiary/aromatic N) is 1. The van der Waals surface area contributed by atoms with Crippen LogP contribution in [0.1, 0.15) is 38.7 Å². The van der Waals surface area contributed by atoms with Crippen LogP contribution in [-0.2, 0) is 14.3 Å². The van der Waals surface area contributed by atoms with Gasteiger partial charge >= 0.3 is 0 Å². The van der Waals surface area contributed by atoms with E-state index >= 15 is 0 Å². The molecule has 3 aliphatic rings. The molecule has 0 bridgehead atoms. The van der Waals surface area contributed by atoms with Crippen molar-refractivity contribution in [1.82, 2.24) is 5.32 Å². The fourth-order valence-electron chi connectivity index (χ4n) is 4.12. The Bertz CT molecular complexity index is 728. The normalized spacial score (nSPS) is 26.0. The molecule has 6 heteroatoms. The SMILES string of the molecule is CC(C)Nc1ccc2c(c1)/C(=C1\COCCN1)C(=O)N2C1CCCCOC1. The van der Waals surface area contributed by atoms with Gasteiger partial charge in [-0.1, -0.05) is 0 Å². The Morgan fingerprint density at radius 2 is 2.11 bits per heavy atom. The van der Waals surface area contributed by atoms with Crippen LogP contribution < -0.4 is 15.5 Å². The molecule has 1 aromatic carbocycles. The van der Waals surface area contributed by atoms with Gasteiger partial charge in [0.1, 0.15) is 0 Å². The van der Waals surface area contributed by atoms with Gasteiger partial charge < -0.3 is 25.0 Å². The van der Waals surface area contributed by atoms with Crippen molar-refractivity contribution >= 4 is 22.9 Å². The molecule has 1 unspecified atom stereocenters. The number of carbonyl (C=O) groups excluding carboxylic acids is 1. The summed E-state index contributed by atoms with van der Waals surface area (Å²) in [6.45, 7) is 7.48. The van der Waals surface area contributed by atoms with E-state index in [2.05, 4.69) is 42.7 Å². The van der Waals surface area contributed by atoms with Crippen LogP contribution in [0.15, 0.2) is 23.9 Å². The van der Waals surface area contributed by atoms with E-state index in [0.717, 1.165) is 60.6 Å². The number of hydrogen-bond acceptors (Lipinski definition) is 5. The molecule has 1 amide bonds. The second-order valence-electron chi connectivity index (χ2n) is 7.76. The summed E-state index contributed by atoms with van der Waals surface area (Å²) in [5, 5.41) is 6.83. The molecule has 2 fully saturated rings. The van der Waals surface area contributed by atoms with E-state index in [-0.39, 0.29) is 11.9 Å². The fourth-order valence-corrected chi connectivity index (χ4v) is 4.12. The molecule has 6 nitrogen and oxygen atoms in total. The van der Waals surface area contributed by atoms with Crippen LogP contribution in [0.25, 0.3) is 5.57 Å². The Hall–Kier alpha value is -2.05. The third kappa shape index (κ3) is 3.69. The summed E-state index contributed by atoms with van der Waals surface area (Å²) in [4.78, 5) is 15.5. The lowest BCUT2D eigenvalue weighted by molar-refractivity contribution is -0.113. The van der Waals surface area contributed by atoms with Crippen molar-refractivity contribution in [2.75, 3.05) is 43.2 Å². The van der Waals surface area contributed by atoms with Gasteiger partial charge in [-0.2, -0.15) is 0 Å². The maximum atomic E-state index is 13.5.